The third-order valence-corrected chi connectivity index (χ3v) is 4.82. The third kappa shape index (κ3) is 4.52. The Balaban J connectivity index is 1.58. The van der Waals surface area contributed by atoms with Crippen LogP contribution in [0.4, 0.5) is 10.5 Å². The predicted molar refractivity (Wildman–Crippen MR) is 106 cm³/mol. The molecule has 2 aromatic carbocycles. The molecule has 3 rings (SSSR count). The Kier molecular flexibility index (Phi) is 5.86. The molecular weight excluding hydrogens is 366 g/mol. The summed E-state index contributed by atoms with van der Waals surface area (Å²) < 4.78 is 5.30. The number of benzene rings is 2. The van der Waals surface area contributed by atoms with Gasteiger partial charge in [-0.25, -0.2) is 4.79 Å². The van der Waals surface area contributed by atoms with E-state index in [0.29, 0.717) is 48.2 Å². The molecule has 1 aliphatic rings. The molecule has 0 radical (unpaired) electrons. The number of carbonyl (C=O) groups is 2. The number of hydrogen-bond acceptors (Lipinski definition) is 3. The zero-order chi connectivity index (χ0) is 19.4. The molecule has 7 heteroatoms. The quantitative estimate of drug-likeness (QED) is 0.874. The van der Waals surface area contributed by atoms with Crippen LogP contribution in [0, 0.1) is 6.92 Å². The van der Waals surface area contributed by atoms with Crippen LogP contribution in [0.25, 0.3) is 0 Å². The second-order valence-corrected chi connectivity index (χ2v) is 6.84. The number of anilines is 1. The molecule has 142 valence electrons. The summed E-state index contributed by atoms with van der Waals surface area (Å²) in [6.45, 7) is 3.85. The molecule has 0 saturated carbocycles. The van der Waals surface area contributed by atoms with E-state index in [1.165, 1.54) is 0 Å². The maximum Gasteiger partial charge on any atom is 0.321 e. The molecule has 27 heavy (non-hydrogen) atoms. The monoisotopic (exact) mass is 387 g/mol. The van der Waals surface area contributed by atoms with Gasteiger partial charge in [0.05, 0.1) is 7.11 Å². The highest BCUT2D eigenvalue weighted by Crippen LogP contribution is 2.21. The van der Waals surface area contributed by atoms with Crippen LogP contribution in [-0.4, -0.2) is 55.0 Å². The highest BCUT2D eigenvalue weighted by atomic mass is 35.5. The van der Waals surface area contributed by atoms with Gasteiger partial charge in [0.15, 0.2) is 0 Å². The second-order valence-electron chi connectivity index (χ2n) is 6.40. The molecule has 3 amide bonds. The first-order valence-corrected chi connectivity index (χ1v) is 9.11. The topological polar surface area (TPSA) is 61.9 Å². The van der Waals surface area contributed by atoms with Gasteiger partial charge in [0.2, 0.25) is 0 Å². The molecule has 0 aliphatic carbocycles. The zero-order valence-electron chi connectivity index (χ0n) is 15.4. The van der Waals surface area contributed by atoms with Crippen LogP contribution in [-0.2, 0) is 0 Å². The summed E-state index contributed by atoms with van der Waals surface area (Å²) in [6.07, 6.45) is 0. The van der Waals surface area contributed by atoms with Gasteiger partial charge >= 0.3 is 6.03 Å². The molecule has 6 nitrogen and oxygen atoms in total. The highest BCUT2D eigenvalue weighted by Gasteiger charge is 2.25. The third-order valence-electron chi connectivity index (χ3n) is 4.58. The fourth-order valence-electron chi connectivity index (χ4n) is 3.02. The number of nitrogens with one attached hydrogen (secondary N) is 1. The van der Waals surface area contributed by atoms with E-state index in [9.17, 15) is 9.59 Å². The van der Waals surface area contributed by atoms with Gasteiger partial charge in [0.1, 0.15) is 5.75 Å². The number of aryl methyl sites for hydroxylation is 1. The molecule has 0 bridgehead atoms. The summed E-state index contributed by atoms with van der Waals surface area (Å²) in [4.78, 5) is 28.6. The molecule has 0 aromatic heterocycles. The lowest BCUT2D eigenvalue weighted by molar-refractivity contribution is 0.0671. The van der Waals surface area contributed by atoms with Crippen molar-refractivity contribution in [2.75, 3.05) is 38.6 Å². The van der Waals surface area contributed by atoms with Gasteiger partial charge in [-0.05, 0) is 42.8 Å². The van der Waals surface area contributed by atoms with Gasteiger partial charge in [-0.1, -0.05) is 23.7 Å². The predicted octanol–water partition coefficient (Wildman–Crippen LogP) is 3.65. The fraction of sp³-hybridized carbons (Fsp3) is 0.300. The van der Waals surface area contributed by atoms with Crippen molar-refractivity contribution in [1.82, 2.24) is 9.80 Å². The lowest BCUT2D eigenvalue weighted by Crippen LogP contribution is -2.51. The molecule has 1 fully saturated rings. The van der Waals surface area contributed by atoms with Gasteiger partial charge < -0.3 is 19.9 Å². The molecule has 0 spiro atoms. The molecule has 1 N–H and O–H groups in total. The summed E-state index contributed by atoms with van der Waals surface area (Å²) in [7, 11) is 1.59. The number of halogens is 1. The van der Waals surface area contributed by atoms with E-state index in [-0.39, 0.29) is 11.9 Å². The largest absolute Gasteiger partial charge is 0.496 e. The summed E-state index contributed by atoms with van der Waals surface area (Å²) in [5.74, 6) is 0.642. The van der Waals surface area contributed by atoms with Crippen molar-refractivity contribution in [3.63, 3.8) is 0 Å². The minimum Gasteiger partial charge on any atom is -0.496 e. The van der Waals surface area contributed by atoms with Crippen LogP contribution in [0.15, 0.2) is 42.5 Å². The number of carbonyl (C=O) groups excluding carboxylic acids is 2. The van der Waals surface area contributed by atoms with Gasteiger partial charge in [-0.15, -0.1) is 0 Å². The van der Waals surface area contributed by atoms with Crippen molar-refractivity contribution in [3.8, 4) is 5.75 Å². The summed E-state index contributed by atoms with van der Waals surface area (Å²) in [5, 5.41) is 3.40. The first kappa shape index (κ1) is 19.0. The summed E-state index contributed by atoms with van der Waals surface area (Å²) >= 11 is 5.94. The second kappa shape index (κ2) is 8.31. The first-order valence-electron chi connectivity index (χ1n) is 8.73. The Morgan fingerprint density at radius 3 is 2.41 bits per heavy atom. The molecule has 2 aromatic rings. The van der Waals surface area contributed by atoms with Crippen LogP contribution in [0.1, 0.15) is 15.9 Å². The van der Waals surface area contributed by atoms with Crippen molar-refractivity contribution < 1.29 is 14.3 Å². The molecule has 0 unspecified atom stereocenters. The minimum atomic E-state index is -0.193. The highest BCUT2D eigenvalue weighted by molar-refractivity contribution is 6.30. The van der Waals surface area contributed by atoms with Gasteiger partial charge in [-0.2, -0.15) is 0 Å². The summed E-state index contributed by atoms with van der Waals surface area (Å²) in [5.41, 5.74) is 2.23. The average molecular weight is 388 g/mol. The first-order chi connectivity index (χ1) is 13.0. The number of ether oxygens (including phenoxy) is 1. The lowest BCUT2D eigenvalue weighted by atomic mass is 10.1. The van der Waals surface area contributed by atoms with Crippen molar-refractivity contribution in [1.29, 1.82) is 0 Å². The maximum absolute atomic E-state index is 12.7. The molecule has 1 saturated heterocycles. The maximum atomic E-state index is 12.7. The van der Waals surface area contributed by atoms with Crippen LogP contribution in [0.3, 0.4) is 0 Å². The van der Waals surface area contributed by atoms with Crippen LogP contribution < -0.4 is 10.1 Å². The Labute approximate surface area is 163 Å². The van der Waals surface area contributed by atoms with Gasteiger partial charge in [0, 0.05) is 42.5 Å². The van der Waals surface area contributed by atoms with Crippen molar-refractivity contribution in [3.05, 3.63) is 58.6 Å². The Morgan fingerprint density at radius 1 is 1.04 bits per heavy atom. The lowest BCUT2D eigenvalue weighted by Gasteiger charge is -2.34. The van der Waals surface area contributed by atoms with E-state index in [1.807, 2.05) is 13.0 Å². The number of urea groups is 1. The van der Waals surface area contributed by atoms with Crippen molar-refractivity contribution >= 4 is 29.2 Å². The molecule has 0 atom stereocenters. The van der Waals surface area contributed by atoms with Crippen LogP contribution in [0.5, 0.6) is 5.75 Å². The number of methoxy groups -OCH3 is 1. The van der Waals surface area contributed by atoms with E-state index in [4.69, 9.17) is 16.3 Å². The van der Waals surface area contributed by atoms with Crippen molar-refractivity contribution in [2.24, 2.45) is 0 Å². The van der Waals surface area contributed by atoms with E-state index < -0.39 is 0 Å². The molecule has 1 aliphatic heterocycles. The molecule has 1 heterocycles. The van der Waals surface area contributed by atoms with Crippen LogP contribution in [0.2, 0.25) is 5.02 Å². The normalized spacial score (nSPS) is 14.0. The SMILES string of the molecule is COc1cc(C(=O)N2CCN(C(=O)Nc3cccc(Cl)c3)CC2)ccc1C. The number of amides is 3. The number of rotatable bonds is 3. The summed E-state index contributed by atoms with van der Waals surface area (Å²) in [6, 6.07) is 12.3. The van der Waals surface area contributed by atoms with Gasteiger partial charge in [0.25, 0.3) is 5.91 Å². The Bertz CT molecular complexity index is 848. The van der Waals surface area contributed by atoms with Gasteiger partial charge in [-0.3, -0.25) is 4.79 Å². The number of hydrogen-bond donors (Lipinski definition) is 1. The zero-order valence-corrected chi connectivity index (χ0v) is 16.1. The van der Waals surface area contributed by atoms with E-state index in [0.717, 1.165) is 5.56 Å². The standard InChI is InChI=1S/C20H22ClN3O3/c1-14-6-7-15(12-18(14)27-2)19(25)23-8-10-24(11-9-23)20(26)22-17-5-3-4-16(21)13-17/h3-7,12-13H,8-11H2,1-2H3,(H,22,26). The molecular formula is C20H22ClN3O3. The number of piperazine rings is 1. The fourth-order valence-corrected chi connectivity index (χ4v) is 3.21. The van der Waals surface area contributed by atoms with E-state index in [1.54, 1.807) is 53.3 Å². The smallest absolute Gasteiger partial charge is 0.321 e. The Morgan fingerprint density at radius 2 is 1.74 bits per heavy atom. The van der Waals surface area contributed by atoms with Crippen LogP contribution >= 0.6 is 11.6 Å². The number of nitrogens with zero attached hydrogens (tertiary/aromatic N) is 2. The van der Waals surface area contributed by atoms with Crippen molar-refractivity contribution in [2.45, 2.75) is 6.92 Å². The van der Waals surface area contributed by atoms with E-state index in [2.05, 4.69) is 5.32 Å². The Hall–Kier alpha value is -2.73. The minimum absolute atomic E-state index is 0.0526. The van der Waals surface area contributed by atoms with E-state index >= 15 is 0 Å². The average Bonchev–Trinajstić information content (AvgIpc) is 2.68.